The largest absolute Gasteiger partial charge is 0.360 e. The molecule has 26 heavy (non-hydrogen) atoms. The van der Waals surface area contributed by atoms with Gasteiger partial charge in [0.15, 0.2) is 5.76 Å². The van der Waals surface area contributed by atoms with E-state index in [1.807, 2.05) is 12.1 Å². The first kappa shape index (κ1) is 17.3. The van der Waals surface area contributed by atoms with Gasteiger partial charge in [-0.1, -0.05) is 23.4 Å². The molecule has 7 heteroatoms. The van der Waals surface area contributed by atoms with E-state index in [-0.39, 0.29) is 4.90 Å². The number of sulfonamides is 1. The molecule has 0 N–H and O–H groups in total. The Hall–Kier alpha value is -2.12. The summed E-state index contributed by atoms with van der Waals surface area (Å²) in [6.07, 6.45) is 1.62. The molecule has 1 saturated heterocycles. The van der Waals surface area contributed by atoms with E-state index in [1.165, 1.54) is 16.6 Å². The highest BCUT2D eigenvalue weighted by atomic mass is 32.2. The lowest BCUT2D eigenvalue weighted by atomic mass is 9.94. The van der Waals surface area contributed by atoms with Gasteiger partial charge in [0.25, 0.3) is 0 Å². The summed E-state index contributed by atoms with van der Waals surface area (Å²) in [5, 5.41) is 5.02. The van der Waals surface area contributed by atoms with Crippen molar-refractivity contribution in [1.82, 2.24) is 14.0 Å². The Morgan fingerprint density at radius 2 is 1.85 bits per heavy atom. The molecule has 0 amide bonds. The molecule has 2 aromatic heterocycles. The van der Waals surface area contributed by atoms with Crippen LogP contribution in [-0.4, -0.2) is 35.5 Å². The molecule has 1 aliphatic heterocycles. The highest BCUT2D eigenvalue weighted by molar-refractivity contribution is 7.89. The predicted octanol–water partition coefficient (Wildman–Crippen LogP) is 3.35. The van der Waals surface area contributed by atoms with Crippen LogP contribution < -0.4 is 0 Å². The highest BCUT2D eigenvalue weighted by Gasteiger charge is 2.34. The second kappa shape index (κ2) is 6.25. The van der Waals surface area contributed by atoms with E-state index in [1.54, 1.807) is 18.2 Å². The van der Waals surface area contributed by atoms with E-state index < -0.39 is 10.0 Å². The lowest BCUT2D eigenvalue weighted by Gasteiger charge is -2.31. The fourth-order valence-corrected chi connectivity index (χ4v) is 5.83. The number of benzene rings is 1. The summed E-state index contributed by atoms with van der Waals surface area (Å²) in [6, 6.07) is 10.6. The van der Waals surface area contributed by atoms with Crippen molar-refractivity contribution in [2.45, 2.75) is 37.5 Å². The molecule has 1 fully saturated rings. The van der Waals surface area contributed by atoms with E-state index in [4.69, 9.17) is 4.52 Å². The van der Waals surface area contributed by atoms with Gasteiger partial charge in [-0.25, -0.2) is 8.42 Å². The SMILES string of the molecule is Cc1noc(C)c1S(=O)(=O)N1CCC(c2cc3ccccc3n2C)CC1. The van der Waals surface area contributed by atoms with E-state index in [9.17, 15) is 8.42 Å². The quantitative estimate of drug-likeness (QED) is 0.706. The Balaban J connectivity index is 1.56. The van der Waals surface area contributed by atoms with Crippen molar-refractivity contribution >= 4 is 20.9 Å². The van der Waals surface area contributed by atoms with Gasteiger partial charge in [-0.2, -0.15) is 4.31 Å². The summed E-state index contributed by atoms with van der Waals surface area (Å²) < 4.78 is 34.8. The smallest absolute Gasteiger partial charge is 0.248 e. The fourth-order valence-electron chi connectivity index (χ4n) is 4.07. The number of aryl methyl sites for hydroxylation is 3. The number of aromatic nitrogens is 2. The van der Waals surface area contributed by atoms with Gasteiger partial charge >= 0.3 is 0 Å². The second-order valence-corrected chi connectivity index (χ2v) is 8.89. The van der Waals surface area contributed by atoms with Gasteiger partial charge in [0.05, 0.1) is 0 Å². The Kier molecular flexibility index (Phi) is 4.16. The molecule has 3 heterocycles. The third kappa shape index (κ3) is 2.66. The van der Waals surface area contributed by atoms with Crippen LogP contribution >= 0.6 is 0 Å². The Bertz CT molecular complexity index is 1040. The number of hydrogen-bond acceptors (Lipinski definition) is 4. The third-order valence-electron chi connectivity index (χ3n) is 5.43. The maximum absolute atomic E-state index is 13.0. The molecular formula is C19H23N3O3S. The molecule has 1 aromatic carbocycles. The predicted molar refractivity (Wildman–Crippen MR) is 99.6 cm³/mol. The van der Waals surface area contributed by atoms with Crippen LogP contribution in [0, 0.1) is 13.8 Å². The summed E-state index contributed by atoms with van der Waals surface area (Å²) >= 11 is 0. The number of para-hydroxylation sites is 1. The van der Waals surface area contributed by atoms with Gasteiger partial charge in [-0.15, -0.1) is 0 Å². The topological polar surface area (TPSA) is 68.3 Å². The molecule has 3 aromatic rings. The number of nitrogens with zero attached hydrogens (tertiary/aromatic N) is 3. The second-order valence-electron chi connectivity index (χ2n) is 7.02. The zero-order valence-corrected chi connectivity index (χ0v) is 16.1. The Morgan fingerprint density at radius 1 is 1.15 bits per heavy atom. The van der Waals surface area contributed by atoms with Crippen LogP contribution in [-0.2, 0) is 17.1 Å². The lowest BCUT2D eigenvalue weighted by Crippen LogP contribution is -2.38. The summed E-state index contributed by atoms with van der Waals surface area (Å²) in [5.41, 5.74) is 2.92. The normalized spacial score (nSPS) is 17.2. The average molecular weight is 373 g/mol. The minimum atomic E-state index is -3.55. The van der Waals surface area contributed by atoms with Crippen molar-refractivity contribution in [3.05, 3.63) is 47.5 Å². The Morgan fingerprint density at radius 3 is 2.46 bits per heavy atom. The van der Waals surface area contributed by atoms with Crippen molar-refractivity contribution in [3.8, 4) is 0 Å². The lowest BCUT2D eigenvalue weighted by molar-refractivity contribution is 0.314. The van der Waals surface area contributed by atoms with Gasteiger partial charge < -0.3 is 9.09 Å². The summed E-state index contributed by atoms with van der Waals surface area (Å²) in [6.45, 7) is 4.35. The first-order chi connectivity index (χ1) is 12.4. The van der Waals surface area contributed by atoms with Gasteiger partial charge in [-0.05, 0) is 44.2 Å². The monoisotopic (exact) mass is 373 g/mol. The van der Waals surface area contributed by atoms with Crippen LogP contribution in [0.4, 0.5) is 0 Å². The van der Waals surface area contributed by atoms with E-state index in [0.29, 0.717) is 30.5 Å². The molecule has 0 spiro atoms. The molecule has 138 valence electrons. The van der Waals surface area contributed by atoms with Crippen molar-refractivity contribution in [2.75, 3.05) is 13.1 Å². The van der Waals surface area contributed by atoms with Crippen molar-refractivity contribution in [2.24, 2.45) is 7.05 Å². The van der Waals surface area contributed by atoms with E-state index in [2.05, 4.69) is 35.0 Å². The standard InChI is InChI=1S/C19H23N3O3S/c1-13-19(14(2)25-20-13)26(23,24)22-10-8-15(9-11-22)18-12-16-6-4-5-7-17(16)21(18)3/h4-7,12,15H,8-11H2,1-3H3. The van der Waals surface area contributed by atoms with Gasteiger partial charge in [0.2, 0.25) is 10.0 Å². The maximum Gasteiger partial charge on any atom is 0.248 e. The highest BCUT2D eigenvalue weighted by Crippen LogP contribution is 2.34. The molecule has 0 bridgehead atoms. The third-order valence-corrected chi connectivity index (χ3v) is 7.57. The summed E-state index contributed by atoms with van der Waals surface area (Å²) in [7, 11) is -1.46. The van der Waals surface area contributed by atoms with Crippen molar-refractivity contribution in [3.63, 3.8) is 0 Å². The summed E-state index contributed by atoms with van der Waals surface area (Å²) in [5.74, 6) is 0.724. The molecule has 0 aliphatic carbocycles. The van der Waals surface area contributed by atoms with Crippen LogP contribution in [0.5, 0.6) is 0 Å². The molecule has 1 aliphatic rings. The zero-order chi connectivity index (χ0) is 18.5. The minimum Gasteiger partial charge on any atom is -0.360 e. The first-order valence-corrected chi connectivity index (χ1v) is 10.3. The number of rotatable bonds is 3. The number of hydrogen-bond donors (Lipinski definition) is 0. The molecule has 0 unspecified atom stereocenters. The molecular weight excluding hydrogens is 350 g/mol. The number of fused-ring (bicyclic) bond motifs is 1. The van der Waals surface area contributed by atoms with Gasteiger partial charge in [-0.3, -0.25) is 0 Å². The van der Waals surface area contributed by atoms with Gasteiger partial charge in [0.1, 0.15) is 10.6 Å². The van der Waals surface area contributed by atoms with E-state index in [0.717, 1.165) is 12.8 Å². The van der Waals surface area contributed by atoms with Crippen LogP contribution in [0.1, 0.15) is 35.9 Å². The molecule has 4 rings (SSSR count). The summed E-state index contributed by atoms with van der Waals surface area (Å²) in [4.78, 5) is 0.223. The van der Waals surface area contributed by atoms with Crippen LogP contribution in [0.15, 0.2) is 39.8 Å². The first-order valence-electron chi connectivity index (χ1n) is 8.87. The Labute approximate surface area is 153 Å². The van der Waals surface area contributed by atoms with Crippen LogP contribution in [0.25, 0.3) is 10.9 Å². The number of piperidine rings is 1. The molecule has 6 nitrogen and oxygen atoms in total. The van der Waals surface area contributed by atoms with Crippen molar-refractivity contribution < 1.29 is 12.9 Å². The van der Waals surface area contributed by atoms with Crippen LogP contribution in [0.3, 0.4) is 0 Å². The fraction of sp³-hybridized carbons (Fsp3) is 0.421. The zero-order valence-electron chi connectivity index (χ0n) is 15.3. The average Bonchev–Trinajstić information content (AvgIpc) is 3.15. The molecule has 0 saturated carbocycles. The molecule has 0 radical (unpaired) electrons. The molecule has 0 atom stereocenters. The van der Waals surface area contributed by atoms with Crippen molar-refractivity contribution in [1.29, 1.82) is 0 Å². The maximum atomic E-state index is 13.0. The van der Waals surface area contributed by atoms with Crippen LogP contribution in [0.2, 0.25) is 0 Å². The van der Waals surface area contributed by atoms with E-state index >= 15 is 0 Å². The van der Waals surface area contributed by atoms with Gasteiger partial charge in [0, 0.05) is 37.3 Å². The minimum absolute atomic E-state index is 0.223.